The van der Waals surface area contributed by atoms with Gasteiger partial charge < -0.3 is 18.3 Å². The van der Waals surface area contributed by atoms with Crippen LogP contribution in [0.4, 0.5) is 0 Å². The summed E-state index contributed by atoms with van der Waals surface area (Å²) in [6.45, 7) is 1.55. The quantitative estimate of drug-likeness (QED) is 0.344. The van der Waals surface area contributed by atoms with Crippen molar-refractivity contribution >= 4 is 27.7 Å². The lowest BCUT2D eigenvalue weighted by molar-refractivity contribution is -0.122. The Morgan fingerprint density at radius 2 is 1.27 bits per heavy atom. The van der Waals surface area contributed by atoms with E-state index < -0.39 is 0 Å². The molecule has 0 radical (unpaired) electrons. The monoisotopic (exact) mass is 500 g/mol. The van der Waals surface area contributed by atoms with E-state index in [9.17, 15) is 14.4 Å². The molecule has 0 aliphatic heterocycles. The summed E-state index contributed by atoms with van der Waals surface area (Å²) in [4.78, 5) is 37.7. The highest BCUT2D eigenvalue weighted by molar-refractivity contribution is 5.90. The van der Waals surface area contributed by atoms with Gasteiger partial charge >= 0.3 is 11.3 Å². The lowest BCUT2D eigenvalue weighted by Crippen LogP contribution is -2.21. The number of carbonyl (C=O) groups excluding carboxylic acids is 1. The predicted octanol–water partition coefficient (Wildman–Crippen LogP) is 4.99. The van der Waals surface area contributed by atoms with Gasteiger partial charge in [-0.3, -0.25) is 4.79 Å². The van der Waals surface area contributed by atoms with Crippen molar-refractivity contribution in [2.75, 3.05) is 13.2 Å². The van der Waals surface area contributed by atoms with Crippen LogP contribution in [0.25, 0.3) is 21.9 Å². The fraction of sp³-hybridized carbons (Fsp3) is 0.367. The van der Waals surface area contributed by atoms with Crippen LogP contribution in [0.1, 0.15) is 53.5 Å². The van der Waals surface area contributed by atoms with E-state index in [1.165, 1.54) is 0 Å². The smallest absolute Gasteiger partial charge is 0.339 e. The third kappa shape index (κ3) is 4.32. The Kier molecular flexibility index (Phi) is 6.07. The van der Waals surface area contributed by atoms with E-state index in [0.717, 1.165) is 66.0 Å². The Balaban J connectivity index is 1.24. The summed E-state index contributed by atoms with van der Waals surface area (Å²) in [5, 5.41) is 1.56. The van der Waals surface area contributed by atoms with Gasteiger partial charge in [0.05, 0.1) is 10.8 Å². The third-order valence-corrected chi connectivity index (χ3v) is 7.41. The first-order chi connectivity index (χ1) is 18.0. The number of ether oxygens (including phenoxy) is 2. The number of fused-ring (bicyclic) bond motifs is 6. The molecular weight excluding hydrogens is 472 g/mol. The summed E-state index contributed by atoms with van der Waals surface area (Å²) in [7, 11) is 0. The van der Waals surface area contributed by atoms with E-state index in [1.54, 1.807) is 18.2 Å². The zero-order chi connectivity index (χ0) is 25.5. The molecule has 0 atom stereocenters. The van der Waals surface area contributed by atoms with E-state index in [1.807, 2.05) is 19.1 Å². The fourth-order valence-electron chi connectivity index (χ4n) is 5.72. The molecule has 6 rings (SSSR count). The molecule has 0 unspecified atom stereocenters. The summed E-state index contributed by atoms with van der Waals surface area (Å²) < 4.78 is 23.1. The van der Waals surface area contributed by atoms with Crippen molar-refractivity contribution in [2.24, 2.45) is 0 Å². The average molecular weight is 501 g/mol. The third-order valence-electron chi connectivity index (χ3n) is 7.41. The molecule has 7 nitrogen and oxygen atoms in total. The van der Waals surface area contributed by atoms with Gasteiger partial charge in [0, 0.05) is 11.1 Å². The molecule has 37 heavy (non-hydrogen) atoms. The van der Waals surface area contributed by atoms with Crippen LogP contribution >= 0.6 is 0 Å². The number of hydrogen-bond acceptors (Lipinski definition) is 7. The number of rotatable bonds is 6. The second-order valence-corrected chi connectivity index (χ2v) is 9.99. The maximum Gasteiger partial charge on any atom is 0.339 e. The van der Waals surface area contributed by atoms with Crippen LogP contribution in [0.2, 0.25) is 0 Å². The zero-order valence-electron chi connectivity index (χ0n) is 20.8. The molecular formula is C30H28O7. The molecule has 7 heteroatoms. The second-order valence-electron chi connectivity index (χ2n) is 9.99. The van der Waals surface area contributed by atoms with Crippen LogP contribution in [0.5, 0.6) is 11.5 Å². The largest absolute Gasteiger partial charge is 0.485 e. The Morgan fingerprint density at radius 3 is 1.92 bits per heavy atom. The van der Waals surface area contributed by atoms with Gasteiger partial charge in [0.2, 0.25) is 5.78 Å². The van der Waals surface area contributed by atoms with Crippen LogP contribution in [-0.2, 0) is 30.5 Å². The summed E-state index contributed by atoms with van der Waals surface area (Å²) in [6.07, 6.45) is 6.89. The van der Waals surface area contributed by atoms with E-state index in [-0.39, 0.29) is 30.2 Å². The molecule has 2 aliphatic carbocycles. The highest BCUT2D eigenvalue weighted by atomic mass is 16.5. The maximum atomic E-state index is 12.8. The molecule has 0 saturated carbocycles. The minimum atomic E-state index is -0.285. The minimum Gasteiger partial charge on any atom is -0.485 e. The van der Waals surface area contributed by atoms with Crippen molar-refractivity contribution in [1.29, 1.82) is 0 Å². The van der Waals surface area contributed by atoms with Crippen molar-refractivity contribution in [3.05, 3.63) is 79.0 Å². The number of benzene rings is 2. The van der Waals surface area contributed by atoms with Crippen LogP contribution in [0.15, 0.2) is 48.8 Å². The van der Waals surface area contributed by atoms with E-state index in [2.05, 4.69) is 0 Å². The molecule has 0 fully saturated rings. The van der Waals surface area contributed by atoms with Crippen molar-refractivity contribution < 1.29 is 23.1 Å². The lowest BCUT2D eigenvalue weighted by atomic mass is 9.90. The second kappa shape index (κ2) is 9.54. The van der Waals surface area contributed by atoms with Gasteiger partial charge in [-0.15, -0.1) is 0 Å². The molecule has 4 aromatic rings. The van der Waals surface area contributed by atoms with Crippen LogP contribution in [-0.4, -0.2) is 19.0 Å². The summed E-state index contributed by atoms with van der Waals surface area (Å²) in [5.41, 5.74) is 4.65. The van der Waals surface area contributed by atoms with Crippen molar-refractivity contribution in [1.82, 2.24) is 0 Å². The average Bonchev–Trinajstić information content (AvgIpc) is 2.90. The predicted molar refractivity (Wildman–Crippen MR) is 139 cm³/mol. The van der Waals surface area contributed by atoms with E-state index >= 15 is 0 Å². The highest BCUT2D eigenvalue weighted by Crippen LogP contribution is 2.35. The van der Waals surface area contributed by atoms with Crippen molar-refractivity contribution in [2.45, 2.75) is 58.3 Å². The molecule has 0 bridgehead atoms. The summed E-state index contributed by atoms with van der Waals surface area (Å²) in [6, 6.07) is 9.03. The number of carbonyl (C=O) groups is 1. The molecule has 0 saturated heterocycles. The standard InChI is InChI=1S/C30H28O7/c1-17-13-25(28-20-8-3-5-10-22(20)30(33)37-26(28)14-17)35-16-18(31)15-34-23-11-6-12-24-27(23)19-7-2-4-9-21(19)29(32)36-24/h6,11-14H,2-5,7-10,15-16H2,1H3. The molecule has 0 N–H and O–H groups in total. The number of hydrogen-bond donors (Lipinski definition) is 0. The first kappa shape index (κ1) is 23.5. The van der Waals surface area contributed by atoms with Crippen LogP contribution in [0.3, 0.4) is 0 Å². The van der Waals surface area contributed by atoms with Gasteiger partial charge in [0.25, 0.3) is 0 Å². The molecule has 2 aliphatic rings. The maximum absolute atomic E-state index is 12.8. The Labute approximate surface area is 213 Å². The van der Waals surface area contributed by atoms with E-state index in [4.69, 9.17) is 18.3 Å². The Hall–Kier alpha value is -3.87. The number of ketones is 1. The Bertz CT molecular complexity index is 1660. The lowest BCUT2D eigenvalue weighted by Gasteiger charge is -2.19. The van der Waals surface area contributed by atoms with Gasteiger partial charge in [0.1, 0.15) is 22.7 Å². The molecule has 190 valence electrons. The number of Topliss-reactive ketones (excluding diaryl/α,β-unsaturated/α-hetero) is 1. The SMILES string of the molecule is Cc1cc(OCC(=O)COc2cccc3oc(=O)c4c(c23)CCCC4)c2c3c(c(=O)oc2c1)CCCC3. The topological polar surface area (TPSA) is 96.0 Å². The molecule has 2 heterocycles. The van der Waals surface area contributed by atoms with Crippen LogP contribution in [0, 0.1) is 6.92 Å². The fourth-order valence-corrected chi connectivity index (χ4v) is 5.72. The first-order valence-corrected chi connectivity index (χ1v) is 12.9. The molecule has 2 aromatic carbocycles. The van der Waals surface area contributed by atoms with Crippen molar-refractivity contribution in [3.63, 3.8) is 0 Å². The molecule has 0 amide bonds. The normalized spacial score (nSPS) is 14.8. The summed E-state index contributed by atoms with van der Waals surface area (Å²) in [5.74, 6) is 0.847. The number of aryl methyl sites for hydroxylation is 3. The van der Waals surface area contributed by atoms with Crippen molar-refractivity contribution in [3.8, 4) is 11.5 Å². The summed E-state index contributed by atoms with van der Waals surface area (Å²) >= 11 is 0. The highest BCUT2D eigenvalue weighted by Gasteiger charge is 2.23. The molecule has 2 aromatic heterocycles. The van der Waals surface area contributed by atoms with Crippen LogP contribution < -0.4 is 20.7 Å². The first-order valence-electron chi connectivity index (χ1n) is 12.9. The van der Waals surface area contributed by atoms with Gasteiger partial charge in [-0.1, -0.05) is 6.07 Å². The van der Waals surface area contributed by atoms with Gasteiger partial charge in [0.15, 0.2) is 13.2 Å². The minimum absolute atomic E-state index is 0.176. The Morgan fingerprint density at radius 1 is 0.730 bits per heavy atom. The zero-order valence-corrected chi connectivity index (χ0v) is 20.8. The van der Waals surface area contributed by atoms with Gasteiger partial charge in [-0.2, -0.15) is 0 Å². The van der Waals surface area contributed by atoms with Gasteiger partial charge in [-0.25, -0.2) is 9.59 Å². The van der Waals surface area contributed by atoms with Gasteiger partial charge in [-0.05, 0) is 99.2 Å². The van der Waals surface area contributed by atoms with E-state index in [0.29, 0.717) is 46.6 Å². The molecule has 0 spiro atoms.